The minimum Gasteiger partial charge on any atom is -0.497 e. The third kappa shape index (κ3) is 3.79. The fourth-order valence-electron chi connectivity index (χ4n) is 3.35. The lowest BCUT2D eigenvalue weighted by atomic mass is 10.1. The Kier molecular flexibility index (Phi) is 4.94. The second kappa shape index (κ2) is 7.70. The molecule has 29 heavy (non-hydrogen) atoms. The lowest BCUT2D eigenvalue weighted by molar-refractivity contribution is -0.120. The Morgan fingerprint density at radius 2 is 2.07 bits per heavy atom. The number of anilines is 2. The third-order valence-corrected chi connectivity index (χ3v) is 4.69. The molecule has 4 rings (SSSR count). The average Bonchev–Trinajstić information content (AvgIpc) is 3.12. The molecule has 0 bridgehead atoms. The van der Waals surface area contributed by atoms with Crippen molar-refractivity contribution in [1.29, 1.82) is 0 Å². The Morgan fingerprint density at radius 1 is 1.24 bits per heavy atom. The molecule has 9 heteroatoms. The van der Waals surface area contributed by atoms with Crippen molar-refractivity contribution in [2.45, 2.75) is 25.9 Å². The molecule has 0 unspecified atom stereocenters. The highest BCUT2D eigenvalue weighted by Crippen LogP contribution is 2.31. The molecule has 1 aromatic heterocycles. The minimum atomic E-state index is -0.299. The number of hydrogen-bond acceptors (Lipinski definition) is 6. The number of carbonyl (C=O) groups excluding carboxylic acids is 2. The molecule has 0 fully saturated rings. The highest BCUT2D eigenvalue weighted by molar-refractivity contribution is 6.04. The van der Waals surface area contributed by atoms with E-state index in [9.17, 15) is 9.59 Å². The summed E-state index contributed by atoms with van der Waals surface area (Å²) >= 11 is 0. The van der Waals surface area contributed by atoms with Crippen LogP contribution in [-0.4, -0.2) is 45.2 Å². The molecule has 0 saturated carbocycles. The van der Waals surface area contributed by atoms with E-state index in [1.165, 1.54) is 4.80 Å². The quantitative estimate of drug-likeness (QED) is 0.730. The Bertz CT molecular complexity index is 1060. The third-order valence-electron chi connectivity index (χ3n) is 4.69. The van der Waals surface area contributed by atoms with Crippen LogP contribution >= 0.6 is 0 Å². The van der Waals surface area contributed by atoms with E-state index >= 15 is 0 Å². The molecular weight excluding hydrogens is 372 g/mol. The van der Waals surface area contributed by atoms with E-state index in [0.717, 1.165) is 5.56 Å². The number of methoxy groups -OCH3 is 1. The highest BCUT2D eigenvalue weighted by Gasteiger charge is 2.30. The first-order valence-electron chi connectivity index (χ1n) is 9.18. The zero-order valence-electron chi connectivity index (χ0n) is 16.1. The van der Waals surface area contributed by atoms with Gasteiger partial charge in [-0.3, -0.25) is 9.59 Å². The smallest absolute Gasteiger partial charge is 0.250 e. The van der Waals surface area contributed by atoms with Gasteiger partial charge in [0.2, 0.25) is 11.7 Å². The number of rotatable bonds is 4. The summed E-state index contributed by atoms with van der Waals surface area (Å²) in [6.45, 7) is 1.75. The van der Waals surface area contributed by atoms with Crippen LogP contribution in [-0.2, 0) is 16.1 Å². The van der Waals surface area contributed by atoms with Crippen LogP contribution in [0.2, 0.25) is 0 Å². The second-order valence-electron chi connectivity index (χ2n) is 6.76. The number of aromatic nitrogens is 4. The van der Waals surface area contributed by atoms with Crippen molar-refractivity contribution in [2.75, 3.05) is 17.3 Å². The predicted octanol–water partition coefficient (Wildman–Crippen LogP) is 2.11. The largest absolute Gasteiger partial charge is 0.497 e. The van der Waals surface area contributed by atoms with Gasteiger partial charge in [0.1, 0.15) is 12.3 Å². The highest BCUT2D eigenvalue weighted by atomic mass is 16.5. The van der Waals surface area contributed by atoms with Crippen LogP contribution in [0.25, 0.3) is 11.4 Å². The van der Waals surface area contributed by atoms with Gasteiger partial charge in [0.05, 0.1) is 18.5 Å². The SMILES string of the molecule is COc1cccc(-c2nnn(CC(=O)N3c4ccccc4NC(=O)C[C@H]3C)n2)c1. The molecule has 1 N–H and O–H groups in total. The molecule has 9 nitrogen and oxygen atoms in total. The molecule has 0 spiro atoms. The van der Waals surface area contributed by atoms with Crippen molar-refractivity contribution in [3.05, 3.63) is 48.5 Å². The fourth-order valence-corrected chi connectivity index (χ4v) is 3.35. The van der Waals surface area contributed by atoms with Gasteiger partial charge in [0.15, 0.2) is 0 Å². The van der Waals surface area contributed by atoms with E-state index in [-0.39, 0.29) is 30.8 Å². The zero-order valence-corrected chi connectivity index (χ0v) is 16.1. The summed E-state index contributed by atoms with van der Waals surface area (Å²) in [5.74, 6) is 0.732. The molecule has 1 atom stereocenters. The molecule has 2 amide bonds. The lowest BCUT2D eigenvalue weighted by Crippen LogP contribution is -2.41. The first kappa shape index (κ1) is 18.6. The molecule has 0 saturated heterocycles. The maximum atomic E-state index is 13.1. The van der Waals surface area contributed by atoms with Crippen molar-refractivity contribution in [2.24, 2.45) is 0 Å². The van der Waals surface area contributed by atoms with Crippen molar-refractivity contribution >= 4 is 23.2 Å². The van der Waals surface area contributed by atoms with Gasteiger partial charge in [0.25, 0.3) is 5.91 Å². The van der Waals surface area contributed by atoms with E-state index < -0.39 is 0 Å². The molecular formula is C20H20N6O3. The molecule has 148 valence electrons. The first-order chi connectivity index (χ1) is 14.0. The summed E-state index contributed by atoms with van der Waals surface area (Å²) in [6, 6.07) is 14.2. The normalized spacial score (nSPS) is 16.0. The molecule has 1 aliphatic rings. The number of nitrogens with one attached hydrogen (secondary N) is 1. The maximum absolute atomic E-state index is 13.1. The molecule has 2 aromatic carbocycles. The zero-order chi connectivity index (χ0) is 20.4. The van der Waals surface area contributed by atoms with Crippen LogP contribution in [0, 0.1) is 0 Å². The Labute approximate surface area is 167 Å². The number of para-hydroxylation sites is 2. The van der Waals surface area contributed by atoms with Crippen LogP contribution in [0.5, 0.6) is 5.75 Å². The Hall–Kier alpha value is -3.75. The molecule has 0 radical (unpaired) electrons. The standard InChI is InChI=1S/C20H20N6O3/c1-13-10-18(27)21-16-8-3-4-9-17(16)26(13)19(28)12-25-23-20(22-24-25)14-6-5-7-15(11-14)29-2/h3-9,11,13H,10,12H2,1-2H3,(H,21,27)/t13-/m1/s1. The Morgan fingerprint density at radius 3 is 2.90 bits per heavy atom. The number of carbonyl (C=O) groups is 2. The van der Waals surface area contributed by atoms with E-state index in [4.69, 9.17) is 4.74 Å². The maximum Gasteiger partial charge on any atom is 0.250 e. The van der Waals surface area contributed by atoms with E-state index in [0.29, 0.717) is 22.9 Å². The van der Waals surface area contributed by atoms with Crippen LogP contribution in [0.4, 0.5) is 11.4 Å². The van der Waals surface area contributed by atoms with Gasteiger partial charge in [0, 0.05) is 18.0 Å². The summed E-state index contributed by atoms with van der Waals surface area (Å²) in [5.41, 5.74) is 2.01. The number of hydrogen-bond donors (Lipinski definition) is 1. The summed E-state index contributed by atoms with van der Waals surface area (Å²) in [6.07, 6.45) is 0.209. The van der Waals surface area contributed by atoms with Gasteiger partial charge in [-0.25, -0.2) is 0 Å². The van der Waals surface area contributed by atoms with Crippen molar-refractivity contribution in [1.82, 2.24) is 20.2 Å². The average molecular weight is 392 g/mol. The Balaban J connectivity index is 1.58. The van der Waals surface area contributed by atoms with Crippen LogP contribution in [0.15, 0.2) is 48.5 Å². The fraction of sp³-hybridized carbons (Fsp3) is 0.250. The second-order valence-corrected chi connectivity index (χ2v) is 6.76. The van der Waals surface area contributed by atoms with Gasteiger partial charge < -0.3 is 15.0 Å². The van der Waals surface area contributed by atoms with E-state index in [2.05, 4.69) is 20.7 Å². The topological polar surface area (TPSA) is 102 Å². The monoisotopic (exact) mass is 392 g/mol. The molecule has 2 heterocycles. The van der Waals surface area contributed by atoms with Crippen LogP contribution in [0.3, 0.4) is 0 Å². The van der Waals surface area contributed by atoms with Crippen LogP contribution < -0.4 is 15.0 Å². The van der Waals surface area contributed by atoms with E-state index in [1.54, 1.807) is 24.1 Å². The van der Waals surface area contributed by atoms with Gasteiger partial charge in [-0.2, -0.15) is 4.80 Å². The lowest BCUT2D eigenvalue weighted by Gasteiger charge is -2.27. The summed E-state index contributed by atoms with van der Waals surface area (Å²) in [5, 5.41) is 15.2. The van der Waals surface area contributed by atoms with Gasteiger partial charge >= 0.3 is 0 Å². The van der Waals surface area contributed by atoms with Gasteiger partial charge in [-0.1, -0.05) is 24.3 Å². The van der Waals surface area contributed by atoms with E-state index in [1.807, 2.05) is 43.3 Å². The summed E-state index contributed by atoms with van der Waals surface area (Å²) in [7, 11) is 1.59. The molecule has 0 aliphatic carbocycles. The summed E-state index contributed by atoms with van der Waals surface area (Å²) < 4.78 is 5.22. The van der Waals surface area contributed by atoms with Gasteiger partial charge in [-0.05, 0) is 36.4 Å². The first-order valence-corrected chi connectivity index (χ1v) is 9.18. The number of nitrogens with zero attached hydrogens (tertiary/aromatic N) is 5. The number of amides is 2. The number of ether oxygens (including phenoxy) is 1. The van der Waals surface area contributed by atoms with Crippen molar-refractivity contribution < 1.29 is 14.3 Å². The van der Waals surface area contributed by atoms with Crippen LogP contribution in [0.1, 0.15) is 13.3 Å². The molecule has 3 aromatic rings. The van der Waals surface area contributed by atoms with Gasteiger partial charge in [-0.15, -0.1) is 10.2 Å². The minimum absolute atomic E-state index is 0.0934. The summed E-state index contributed by atoms with van der Waals surface area (Å²) in [4.78, 5) is 28.0. The van der Waals surface area contributed by atoms with Crippen molar-refractivity contribution in [3.63, 3.8) is 0 Å². The number of fused-ring (bicyclic) bond motifs is 1. The van der Waals surface area contributed by atoms with Crippen molar-refractivity contribution in [3.8, 4) is 17.1 Å². The molecule has 1 aliphatic heterocycles. The number of benzene rings is 2. The number of tetrazole rings is 1. The predicted molar refractivity (Wildman–Crippen MR) is 106 cm³/mol.